The largest absolute Gasteiger partial charge is 0.397 e. The van der Waals surface area contributed by atoms with E-state index in [1.54, 1.807) is 7.05 Å². The summed E-state index contributed by atoms with van der Waals surface area (Å²) in [4.78, 5) is 21.4. The number of hydrogen-bond acceptors (Lipinski definition) is 4. The molecule has 0 aliphatic carbocycles. The van der Waals surface area contributed by atoms with Crippen LogP contribution in [0.3, 0.4) is 0 Å². The molecule has 1 heterocycles. The zero-order valence-corrected chi connectivity index (χ0v) is 9.88. The van der Waals surface area contributed by atoms with Gasteiger partial charge in [0.1, 0.15) is 0 Å². The van der Waals surface area contributed by atoms with Crippen LogP contribution < -0.4 is 5.32 Å². The molecule has 1 N–H and O–H groups in total. The number of carbonyl (C=O) groups is 1. The van der Waals surface area contributed by atoms with Gasteiger partial charge >= 0.3 is 5.82 Å². The first-order chi connectivity index (χ1) is 7.90. The Bertz CT molecular complexity index is 462. The topological polar surface area (TPSA) is 90.1 Å². The Kier molecular flexibility index (Phi) is 3.97. The summed E-state index contributed by atoms with van der Waals surface area (Å²) in [5.41, 5.74) is 0.302. The normalized spacial score (nSPS) is 11.1. The van der Waals surface area contributed by atoms with Gasteiger partial charge in [0, 0.05) is 12.1 Å². The molecular weight excluding hydrogens is 224 g/mol. The first kappa shape index (κ1) is 12.9. The van der Waals surface area contributed by atoms with E-state index in [4.69, 9.17) is 0 Å². The minimum absolute atomic E-state index is 0.0241. The number of nitrogens with one attached hydrogen (secondary N) is 1. The van der Waals surface area contributed by atoms with Gasteiger partial charge in [0.2, 0.25) is 5.91 Å². The lowest BCUT2D eigenvalue weighted by molar-refractivity contribution is -0.390. The van der Waals surface area contributed by atoms with Crippen molar-refractivity contribution in [2.24, 2.45) is 7.05 Å². The van der Waals surface area contributed by atoms with Crippen LogP contribution in [0.5, 0.6) is 0 Å². The number of nitrogens with zero attached hydrogens (tertiary/aromatic N) is 3. The van der Waals surface area contributed by atoms with Crippen molar-refractivity contribution in [2.45, 2.75) is 19.9 Å². The Morgan fingerprint density at radius 3 is 2.82 bits per heavy atom. The van der Waals surface area contributed by atoms with Crippen molar-refractivity contribution >= 4 is 17.8 Å². The van der Waals surface area contributed by atoms with Crippen molar-refractivity contribution in [1.82, 2.24) is 15.1 Å². The molecule has 0 aliphatic rings. The molecule has 0 radical (unpaired) electrons. The number of aromatic nitrogens is 2. The first-order valence-corrected chi connectivity index (χ1v) is 5.06. The second kappa shape index (κ2) is 5.24. The van der Waals surface area contributed by atoms with Crippen molar-refractivity contribution in [2.75, 3.05) is 0 Å². The van der Waals surface area contributed by atoms with E-state index in [0.29, 0.717) is 5.56 Å². The number of aryl methyl sites for hydroxylation is 1. The smallest absolute Gasteiger partial charge is 0.358 e. The molecule has 1 rings (SSSR count). The highest BCUT2D eigenvalue weighted by molar-refractivity contribution is 5.92. The van der Waals surface area contributed by atoms with Gasteiger partial charge in [0.05, 0.1) is 23.9 Å². The lowest BCUT2D eigenvalue weighted by Crippen LogP contribution is -2.28. The summed E-state index contributed by atoms with van der Waals surface area (Å²) in [6.07, 6.45) is 4.12. The van der Waals surface area contributed by atoms with Crippen LogP contribution in [0.2, 0.25) is 0 Å². The lowest BCUT2D eigenvalue weighted by atomic mass is 10.3. The fourth-order valence-corrected chi connectivity index (χ4v) is 1.25. The number of amides is 1. The molecule has 0 aliphatic heterocycles. The minimum atomic E-state index is -0.583. The predicted molar refractivity (Wildman–Crippen MR) is 62.2 cm³/mol. The Hall–Kier alpha value is -2.18. The van der Waals surface area contributed by atoms with E-state index < -0.39 is 4.92 Å². The van der Waals surface area contributed by atoms with Crippen LogP contribution in [0.15, 0.2) is 12.3 Å². The fourth-order valence-electron chi connectivity index (χ4n) is 1.25. The van der Waals surface area contributed by atoms with Crippen LogP contribution in [0.4, 0.5) is 5.82 Å². The fraction of sp³-hybridized carbons (Fsp3) is 0.400. The van der Waals surface area contributed by atoms with Gasteiger partial charge in [0.25, 0.3) is 0 Å². The van der Waals surface area contributed by atoms with Crippen LogP contribution >= 0.6 is 0 Å². The molecule has 1 amide bonds. The third-order valence-electron chi connectivity index (χ3n) is 1.85. The molecule has 0 unspecified atom stereocenters. The molecule has 7 heteroatoms. The summed E-state index contributed by atoms with van der Waals surface area (Å²) in [5, 5.41) is 17.0. The van der Waals surface area contributed by atoms with Crippen LogP contribution in [-0.2, 0) is 11.8 Å². The third-order valence-corrected chi connectivity index (χ3v) is 1.85. The van der Waals surface area contributed by atoms with Crippen molar-refractivity contribution in [3.63, 3.8) is 0 Å². The average Bonchev–Trinajstić information content (AvgIpc) is 2.55. The maximum Gasteiger partial charge on any atom is 0.397 e. The standard InChI is InChI=1S/C10H14N4O3/c1-7(2)11-9(15)5-4-8-6-13(3)12-10(8)14(16)17/h4-7H,1-3H3,(H,11,15). The van der Waals surface area contributed by atoms with Gasteiger partial charge in [-0.2, -0.15) is 4.68 Å². The van der Waals surface area contributed by atoms with Crippen LogP contribution in [0, 0.1) is 10.1 Å². The maximum atomic E-state index is 11.3. The van der Waals surface area contributed by atoms with Gasteiger partial charge in [-0.1, -0.05) is 0 Å². The summed E-state index contributed by atoms with van der Waals surface area (Å²) >= 11 is 0. The van der Waals surface area contributed by atoms with E-state index in [1.807, 2.05) is 13.8 Å². The summed E-state index contributed by atoms with van der Waals surface area (Å²) in [6, 6.07) is 0.0241. The highest BCUT2D eigenvalue weighted by Gasteiger charge is 2.17. The Morgan fingerprint density at radius 1 is 1.65 bits per heavy atom. The molecule has 0 aromatic carbocycles. The summed E-state index contributed by atoms with van der Waals surface area (Å²) < 4.78 is 1.33. The lowest BCUT2D eigenvalue weighted by Gasteiger charge is -2.03. The maximum absolute atomic E-state index is 11.3. The number of rotatable bonds is 4. The zero-order valence-electron chi connectivity index (χ0n) is 9.88. The van der Waals surface area contributed by atoms with E-state index in [9.17, 15) is 14.9 Å². The van der Waals surface area contributed by atoms with Gasteiger partial charge in [-0.15, -0.1) is 0 Å². The minimum Gasteiger partial charge on any atom is -0.358 e. The van der Waals surface area contributed by atoms with E-state index >= 15 is 0 Å². The first-order valence-electron chi connectivity index (χ1n) is 5.06. The molecule has 17 heavy (non-hydrogen) atoms. The predicted octanol–water partition coefficient (Wildman–Crippen LogP) is 0.866. The van der Waals surface area contributed by atoms with Crippen molar-refractivity contribution in [1.29, 1.82) is 0 Å². The zero-order chi connectivity index (χ0) is 13.0. The van der Waals surface area contributed by atoms with E-state index in [2.05, 4.69) is 10.4 Å². The molecule has 0 spiro atoms. The summed E-state index contributed by atoms with van der Waals surface area (Å²) in [5.74, 6) is -0.556. The number of carbonyl (C=O) groups excluding carboxylic acids is 1. The van der Waals surface area contributed by atoms with Gasteiger partial charge in [-0.3, -0.25) is 4.79 Å². The van der Waals surface area contributed by atoms with Crippen LogP contribution in [-0.4, -0.2) is 26.7 Å². The van der Waals surface area contributed by atoms with Crippen LogP contribution in [0.25, 0.3) is 6.08 Å². The molecule has 1 aromatic rings. The van der Waals surface area contributed by atoms with Crippen molar-refractivity contribution in [3.05, 3.63) is 28.0 Å². The monoisotopic (exact) mass is 238 g/mol. The third kappa shape index (κ3) is 3.71. The average molecular weight is 238 g/mol. The Morgan fingerprint density at radius 2 is 2.29 bits per heavy atom. The van der Waals surface area contributed by atoms with E-state index in [-0.39, 0.29) is 17.8 Å². The molecule has 7 nitrogen and oxygen atoms in total. The molecule has 0 saturated carbocycles. The van der Waals surface area contributed by atoms with Crippen molar-refractivity contribution in [3.8, 4) is 0 Å². The highest BCUT2D eigenvalue weighted by atomic mass is 16.6. The molecule has 0 saturated heterocycles. The Balaban J connectivity index is 2.84. The van der Waals surface area contributed by atoms with Gasteiger partial charge in [-0.05, 0) is 24.8 Å². The second-order valence-corrected chi connectivity index (χ2v) is 3.84. The summed E-state index contributed by atoms with van der Waals surface area (Å²) in [7, 11) is 1.58. The Labute approximate surface area is 98.3 Å². The van der Waals surface area contributed by atoms with Gasteiger partial charge < -0.3 is 15.4 Å². The SMILES string of the molecule is CC(C)NC(=O)C=Cc1cn(C)nc1[N+](=O)[O-]. The molecule has 0 atom stereocenters. The van der Waals surface area contributed by atoms with Gasteiger partial charge in [-0.25, -0.2) is 0 Å². The second-order valence-electron chi connectivity index (χ2n) is 3.84. The quantitative estimate of drug-likeness (QED) is 0.478. The number of hydrogen-bond donors (Lipinski definition) is 1. The van der Waals surface area contributed by atoms with E-state index in [1.165, 1.54) is 23.0 Å². The molecule has 92 valence electrons. The molecule has 1 aromatic heterocycles. The molecular formula is C10H14N4O3. The highest BCUT2D eigenvalue weighted by Crippen LogP contribution is 2.16. The van der Waals surface area contributed by atoms with Crippen LogP contribution in [0.1, 0.15) is 19.4 Å². The molecule has 0 fully saturated rings. The van der Waals surface area contributed by atoms with E-state index in [0.717, 1.165) is 0 Å². The summed E-state index contributed by atoms with van der Waals surface area (Å²) in [6.45, 7) is 3.66. The van der Waals surface area contributed by atoms with Crippen molar-refractivity contribution < 1.29 is 9.72 Å². The number of nitro groups is 1. The van der Waals surface area contributed by atoms with Gasteiger partial charge in [0.15, 0.2) is 0 Å². The molecule has 0 bridgehead atoms.